The quantitative estimate of drug-likeness (QED) is 0.821. The molecule has 114 valence electrons. The van der Waals surface area contributed by atoms with Crippen LogP contribution in [0.25, 0.3) is 0 Å². The number of benzene rings is 1. The van der Waals surface area contributed by atoms with Gasteiger partial charge in [0, 0.05) is 23.8 Å². The maximum Gasteiger partial charge on any atom is 0.253 e. The fourth-order valence-electron chi connectivity index (χ4n) is 3.74. The van der Waals surface area contributed by atoms with Gasteiger partial charge in [-0.2, -0.15) is 0 Å². The Bertz CT molecular complexity index is 534. The summed E-state index contributed by atoms with van der Waals surface area (Å²) in [6.45, 7) is 0. The molecule has 2 unspecified atom stereocenters. The van der Waals surface area contributed by atoms with E-state index in [2.05, 4.69) is 17.3 Å². The maximum absolute atomic E-state index is 13.1. The van der Waals surface area contributed by atoms with Crippen LogP contribution in [0.4, 0.5) is 10.1 Å². The van der Waals surface area contributed by atoms with Crippen LogP contribution in [0, 0.1) is 5.82 Å². The molecule has 2 fully saturated rings. The Balaban J connectivity index is 1.68. The molecule has 0 saturated carbocycles. The van der Waals surface area contributed by atoms with E-state index in [-0.39, 0.29) is 17.6 Å². The molecule has 2 heterocycles. The fraction of sp³-hybridized carbons (Fsp3) is 0.562. The van der Waals surface area contributed by atoms with Crippen LogP contribution in [0.1, 0.15) is 42.5 Å². The molecule has 3 rings (SSSR count). The minimum atomic E-state index is -0.419. The Hall–Kier alpha value is -1.62. The van der Waals surface area contributed by atoms with Crippen molar-refractivity contribution < 1.29 is 9.18 Å². The number of anilines is 1. The summed E-state index contributed by atoms with van der Waals surface area (Å²) in [7, 11) is 2.19. The summed E-state index contributed by atoms with van der Waals surface area (Å²) in [4.78, 5) is 14.8. The first-order valence-corrected chi connectivity index (χ1v) is 7.62. The summed E-state index contributed by atoms with van der Waals surface area (Å²) in [5, 5.41) is 3.08. The molecule has 2 aliphatic heterocycles. The number of carbonyl (C=O) groups is 1. The molecule has 0 aliphatic carbocycles. The molecule has 4 nitrogen and oxygen atoms in total. The number of piperidine rings is 2. The van der Waals surface area contributed by atoms with Crippen molar-refractivity contribution in [2.75, 3.05) is 12.8 Å². The SMILES string of the molecule is CN1C2CCCC1CC(NC(=O)c1ccc(F)cc1N)C2. The van der Waals surface area contributed by atoms with E-state index in [4.69, 9.17) is 5.73 Å². The van der Waals surface area contributed by atoms with Gasteiger partial charge in [0.05, 0.1) is 5.56 Å². The normalized spacial score (nSPS) is 29.1. The number of fused-ring (bicyclic) bond motifs is 2. The Kier molecular flexibility index (Phi) is 3.85. The number of amides is 1. The summed E-state index contributed by atoms with van der Waals surface area (Å²) in [6, 6.07) is 5.23. The van der Waals surface area contributed by atoms with Crippen molar-refractivity contribution in [2.24, 2.45) is 0 Å². The van der Waals surface area contributed by atoms with Gasteiger partial charge in [-0.05, 0) is 50.9 Å². The zero-order valence-corrected chi connectivity index (χ0v) is 12.3. The molecule has 1 aromatic rings. The van der Waals surface area contributed by atoms with Crippen LogP contribution in [-0.2, 0) is 0 Å². The first kappa shape index (κ1) is 14.3. The van der Waals surface area contributed by atoms with Crippen molar-refractivity contribution in [3.8, 4) is 0 Å². The molecule has 2 bridgehead atoms. The molecule has 3 N–H and O–H groups in total. The lowest BCUT2D eigenvalue weighted by atomic mass is 9.82. The van der Waals surface area contributed by atoms with Crippen LogP contribution in [-0.4, -0.2) is 36.0 Å². The number of hydrogen-bond acceptors (Lipinski definition) is 3. The van der Waals surface area contributed by atoms with Crippen molar-refractivity contribution in [1.29, 1.82) is 0 Å². The van der Waals surface area contributed by atoms with Crippen LogP contribution < -0.4 is 11.1 Å². The molecule has 5 heteroatoms. The van der Waals surface area contributed by atoms with Crippen molar-refractivity contribution in [1.82, 2.24) is 10.2 Å². The van der Waals surface area contributed by atoms with Crippen molar-refractivity contribution in [3.05, 3.63) is 29.6 Å². The Morgan fingerprint density at radius 1 is 1.33 bits per heavy atom. The highest BCUT2D eigenvalue weighted by atomic mass is 19.1. The predicted molar refractivity (Wildman–Crippen MR) is 80.5 cm³/mol. The van der Waals surface area contributed by atoms with Crippen LogP contribution >= 0.6 is 0 Å². The number of nitrogens with one attached hydrogen (secondary N) is 1. The first-order valence-electron chi connectivity index (χ1n) is 7.62. The van der Waals surface area contributed by atoms with E-state index in [1.807, 2.05) is 0 Å². The molecular formula is C16H22FN3O. The summed E-state index contributed by atoms with van der Waals surface area (Å²) in [5.74, 6) is -0.613. The van der Waals surface area contributed by atoms with E-state index in [9.17, 15) is 9.18 Å². The number of hydrogen-bond donors (Lipinski definition) is 2. The number of nitrogen functional groups attached to an aromatic ring is 1. The van der Waals surface area contributed by atoms with E-state index in [1.165, 1.54) is 37.5 Å². The van der Waals surface area contributed by atoms with E-state index in [0.717, 1.165) is 12.8 Å². The average molecular weight is 291 g/mol. The van der Waals surface area contributed by atoms with Gasteiger partial charge in [-0.25, -0.2) is 4.39 Å². The molecular weight excluding hydrogens is 269 g/mol. The summed E-state index contributed by atoms with van der Waals surface area (Å²) < 4.78 is 13.1. The molecule has 0 spiro atoms. The Morgan fingerprint density at radius 3 is 2.62 bits per heavy atom. The Labute approximate surface area is 124 Å². The average Bonchev–Trinajstić information content (AvgIpc) is 2.39. The molecule has 1 aromatic carbocycles. The van der Waals surface area contributed by atoms with Crippen molar-refractivity contribution >= 4 is 11.6 Å². The number of nitrogens with zero attached hydrogens (tertiary/aromatic N) is 1. The molecule has 2 saturated heterocycles. The first-order chi connectivity index (χ1) is 10.0. The van der Waals surface area contributed by atoms with E-state index < -0.39 is 5.82 Å². The second-order valence-corrected chi connectivity index (χ2v) is 6.28. The lowest BCUT2D eigenvalue weighted by molar-refractivity contribution is 0.0463. The zero-order chi connectivity index (χ0) is 15.0. The number of halogens is 1. The standard InChI is InChI=1S/C16H22FN3O/c1-20-12-3-2-4-13(20)9-11(8-12)19-16(21)14-6-5-10(17)7-15(14)18/h5-7,11-13H,2-4,8-9,18H2,1H3,(H,19,21). The smallest absolute Gasteiger partial charge is 0.253 e. The van der Waals surface area contributed by atoms with Crippen LogP contribution in [0.15, 0.2) is 18.2 Å². The van der Waals surface area contributed by atoms with Gasteiger partial charge >= 0.3 is 0 Å². The molecule has 1 amide bonds. The summed E-state index contributed by atoms with van der Waals surface area (Å²) in [5.41, 5.74) is 6.29. The molecule has 21 heavy (non-hydrogen) atoms. The van der Waals surface area contributed by atoms with Crippen molar-refractivity contribution in [3.63, 3.8) is 0 Å². The minimum absolute atomic E-state index is 0.188. The molecule has 2 aliphatic rings. The van der Waals surface area contributed by atoms with E-state index >= 15 is 0 Å². The Morgan fingerprint density at radius 2 is 2.00 bits per heavy atom. The third-order valence-corrected chi connectivity index (χ3v) is 4.93. The lowest BCUT2D eigenvalue weighted by Crippen LogP contribution is -2.55. The van der Waals surface area contributed by atoms with Gasteiger partial charge in [-0.3, -0.25) is 4.79 Å². The second kappa shape index (κ2) is 5.64. The minimum Gasteiger partial charge on any atom is -0.398 e. The van der Waals surface area contributed by atoms with Gasteiger partial charge < -0.3 is 16.0 Å². The predicted octanol–water partition coefficient (Wildman–Crippen LogP) is 2.15. The van der Waals surface area contributed by atoms with Gasteiger partial charge in [0.2, 0.25) is 0 Å². The highest BCUT2D eigenvalue weighted by molar-refractivity contribution is 5.99. The van der Waals surface area contributed by atoms with Crippen LogP contribution in [0.2, 0.25) is 0 Å². The van der Waals surface area contributed by atoms with Crippen LogP contribution in [0.3, 0.4) is 0 Å². The van der Waals surface area contributed by atoms with Gasteiger partial charge in [-0.1, -0.05) is 6.42 Å². The third kappa shape index (κ3) is 2.88. The maximum atomic E-state index is 13.1. The summed E-state index contributed by atoms with van der Waals surface area (Å²) in [6.07, 6.45) is 5.67. The number of carbonyl (C=O) groups excluding carboxylic acids is 1. The van der Waals surface area contributed by atoms with E-state index in [0.29, 0.717) is 17.6 Å². The number of rotatable bonds is 2. The van der Waals surface area contributed by atoms with Gasteiger partial charge in [0.15, 0.2) is 0 Å². The van der Waals surface area contributed by atoms with Gasteiger partial charge in [0.1, 0.15) is 5.82 Å². The van der Waals surface area contributed by atoms with Gasteiger partial charge in [-0.15, -0.1) is 0 Å². The molecule has 2 atom stereocenters. The fourth-order valence-corrected chi connectivity index (χ4v) is 3.74. The highest BCUT2D eigenvalue weighted by Crippen LogP contribution is 2.32. The monoisotopic (exact) mass is 291 g/mol. The summed E-state index contributed by atoms with van der Waals surface area (Å²) >= 11 is 0. The largest absolute Gasteiger partial charge is 0.398 e. The highest BCUT2D eigenvalue weighted by Gasteiger charge is 2.36. The topological polar surface area (TPSA) is 58.4 Å². The van der Waals surface area contributed by atoms with Crippen LogP contribution in [0.5, 0.6) is 0 Å². The molecule has 0 radical (unpaired) electrons. The number of nitrogens with two attached hydrogens (primary N) is 1. The molecule has 0 aromatic heterocycles. The lowest BCUT2D eigenvalue weighted by Gasteiger charge is -2.47. The van der Waals surface area contributed by atoms with Crippen molar-refractivity contribution in [2.45, 2.75) is 50.2 Å². The van der Waals surface area contributed by atoms with E-state index in [1.54, 1.807) is 0 Å². The van der Waals surface area contributed by atoms with Gasteiger partial charge in [0.25, 0.3) is 5.91 Å². The second-order valence-electron chi connectivity index (χ2n) is 6.28. The zero-order valence-electron chi connectivity index (χ0n) is 12.3. The third-order valence-electron chi connectivity index (χ3n) is 4.93.